The third kappa shape index (κ3) is 4.30. The molecule has 0 aromatic carbocycles. The van der Waals surface area contributed by atoms with Gasteiger partial charge in [0.15, 0.2) is 0 Å². The molecule has 1 unspecified atom stereocenters. The van der Waals surface area contributed by atoms with Gasteiger partial charge in [0.25, 0.3) is 0 Å². The molecule has 1 aliphatic rings. The number of piperazine rings is 1. The first kappa shape index (κ1) is 15.5. The quantitative estimate of drug-likeness (QED) is 0.872. The molecule has 0 radical (unpaired) electrons. The van der Waals surface area contributed by atoms with Gasteiger partial charge in [-0.3, -0.25) is 9.69 Å². The topological polar surface area (TPSA) is 49.6 Å². The van der Waals surface area contributed by atoms with E-state index in [1.54, 1.807) is 11.3 Å². The number of amides is 1. The van der Waals surface area contributed by atoms with Gasteiger partial charge in [0.05, 0.1) is 6.04 Å². The lowest BCUT2D eigenvalue weighted by Crippen LogP contribution is -2.52. The van der Waals surface area contributed by atoms with Crippen LogP contribution in [-0.4, -0.2) is 47.9 Å². The summed E-state index contributed by atoms with van der Waals surface area (Å²) in [5, 5.41) is 2.11. The summed E-state index contributed by atoms with van der Waals surface area (Å²) in [4.78, 5) is 18.0. The molecule has 20 heavy (non-hydrogen) atoms. The summed E-state index contributed by atoms with van der Waals surface area (Å²) in [5.41, 5.74) is 5.98. The number of hydrogen-bond acceptors (Lipinski definition) is 4. The highest BCUT2D eigenvalue weighted by atomic mass is 32.1. The Balaban J connectivity index is 1.74. The van der Waals surface area contributed by atoms with Crippen molar-refractivity contribution < 1.29 is 4.79 Å². The molecule has 112 valence electrons. The fourth-order valence-electron chi connectivity index (χ4n) is 2.53. The van der Waals surface area contributed by atoms with Crippen LogP contribution in [-0.2, 0) is 11.3 Å². The molecule has 1 fully saturated rings. The molecule has 0 aliphatic carbocycles. The minimum Gasteiger partial charge on any atom is -0.339 e. The van der Waals surface area contributed by atoms with Crippen LogP contribution in [0.4, 0.5) is 0 Å². The zero-order chi connectivity index (χ0) is 14.4. The van der Waals surface area contributed by atoms with Gasteiger partial charge in [0.2, 0.25) is 5.91 Å². The van der Waals surface area contributed by atoms with Crippen LogP contribution in [0.15, 0.2) is 17.5 Å². The summed E-state index contributed by atoms with van der Waals surface area (Å²) in [6.07, 6.45) is 2.94. The highest BCUT2D eigenvalue weighted by Gasteiger charge is 2.24. The Morgan fingerprint density at radius 1 is 1.40 bits per heavy atom. The minimum atomic E-state index is -0.307. The third-order valence-electron chi connectivity index (χ3n) is 3.83. The fourth-order valence-corrected chi connectivity index (χ4v) is 3.28. The van der Waals surface area contributed by atoms with E-state index >= 15 is 0 Å². The van der Waals surface area contributed by atoms with Crippen LogP contribution < -0.4 is 5.73 Å². The van der Waals surface area contributed by atoms with E-state index in [0.717, 1.165) is 52.0 Å². The summed E-state index contributed by atoms with van der Waals surface area (Å²) in [7, 11) is 0. The first-order valence-electron chi connectivity index (χ1n) is 7.49. The van der Waals surface area contributed by atoms with E-state index in [2.05, 4.69) is 29.3 Å². The van der Waals surface area contributed by atoms with Crippen molar-refractivity contribution in [3.8, 4) is 0 Å². The van der Waals surface area contributed by atoms with Gasteiger partial charge in [-0.25, -0.2) is 0 Å². The maximum Gasteiger partial charge on any atom is 0.239 e. The molecule has 1 atom stereocenters. The van der Waals surface area contributed by atoms with Crippen molar-refractivity contribution in [1.82, 2.24) is 9.80 Å². The second-order valence-electron chi connectivity index (χ2n) is 5.43. The lowest BCUT2D eigenvalue weighted by molar-refractivity contribution is -0.134. The molecular weight excluding hydrogens is 270 g/mol. The van der Waals surface area contributed by atoms with E-state index in [-0.39, 0.29) is 11.9 Å². The van der Waals surface area contributed by atoms with Gasteiger partial charge in [0, 0.05) is 37.6 Å². The largest absolute Gasteiger partial charge is 0.339 e. The average Bonchev–Trinajstić information content (AvgIpc) is 2.97. The summed E-state index contributed by atoms with van der Waals surface area (Å²) in [6, 6.07) is 3.95. The fraction of sp³-hybridized carbons (Fsp3) is 0.667. The van der Waals surface area contributed by atoms with Crippen LogP contribution in [0, 0.1) is 0 Å². The van der Waals surface area contributed by atoms with Gasteiger partial charge in [-0.05, 0) is 17.9 Å². The third-order valence-corrected chi connectivity index (χ3v) is 4.69. The highest BCUT2D eigenvalue weighted by molar-refractivity contribution is 7.09. The van der Waals surface area contributed by atoms with Gasteiger partial charge >= 0.3 is 0 Å². The Morgan fingerprint density at radius 2 is 2.15 bits per heavy atom. The molecular formula is C15H25N3OS. The predicted molar refractivity (Wildman–Crippen MR) is 83.7 cm³/mol. The first-order chi connectivity index (χ1) is 9.70. The lowest BCUT2D eigenvalue weighted by atomic mass is 10.1. The van der Waals surface area contributed by atoms with Gasteiger partial charge in [0.1, 0.15) is 0 Å². The van der Waals surface area contributed by atoms with E-state index in [4.69, 9.17) is 5.73 Å². The van der Waals surface area contributed by atoms with Crippen molar-refractivity contribution in [1.29, 1.82) is 0 Å². The summed E-state index contributed by atoms with van der Waals surface area (Å²) in [6.45, 7) is 6.64. The van der Waals surface area contributed by atoms with E-state index < -0.39 is 0 Å². The summed E-state index contributed by atoms with van der Waals surface area (Å²) in [5.74, 6) is 0.134. The van der Waals surface area contributed by atoms with E-state index in [0.29, 0.717) is 0 Å². The van der Waals surface area contributed by atoms with Crippen molar-refractivity contribution in [2.45, 2.75) is 38.8 Å². The molecule has 2 N–H and O–H groups in total. The number of thiophene rings is 1. The molecule has 0 spiro atoms. The molecule has 2 heterocycles. The van der Waals surface area contributed by atoms with Crippen molar-refractivity contribution >= 4 is 17.2 Å². The molecule has 1 amide bonds. The Hall–Kier alpha value is -0.910. The van der Waals surface area contributed by atoms with Crippen molar-refractivity contribution in [3.63, 3.8) is 0 Å². The SMILES string of the molecule is CCCCC(N)C(=O)N1CCN(Cc2cccs2)CC1. The van der Waals surface area contributed by atoms with Crippen LogP contribution in [0.3, 0.4) is 0 Å². The van der Waals surface area contributed by atoms with Crippen molar-refractivity contribution in [2.75, 3.05) is 26.2 Å². The summed E-state index contributed by atoms with van der Waals surface area (Å²) >= 11 is 1.80. The lowest BCUT2D eigenvalue weighted by Gasteiger charge is -2.35. The molecule has 1 aromatic heterocycles. The maximum absolute atomic E-state index is 12.2. The molecule has 1 saturated heterocycles. The Kier molecular flexibility index (Phi) is 6.01. The number of nitrogens with two attached hydrogens (primary N) is 1. The van der Waals surface area contributed by atoms with Crippen LogP contribution in [0.5, 0.6) is 0 Å². The Labute approximate surface area is 125 Å². The van der Waals surface area contributed by atoms with Gasteiger partial charge in [-0.15, -0.1) is 11.3 Å². The number of rotatable bonds is 6. The predicted octanol–water partition coefficient (Wildman–Crippen LogP) is 1.91. The monoisotopic (exact) mass is 295 g/mol. The second-order valence-corrected chi connectivity index (χ2v) is 6.46. The molecule has 2 rings (SSSR count). The highest BCUT2D eigenvalue weighted by Crippen LogP contribution is 2.14. The molecule has 0 saturated carbocycles. The van der Waals surface area contributed by atoms with Gasteiger partial charge < -0.3 is 10.6 Å². The Bertz CT molecular complexity index is 399. The first-order valence-corrected chi connectivity index (χ1v) is 8.37. The van der Waals surface area contributed by atoms with Crippen LogP contribution in [0.2, 0.25) is 0 Å². The van der Waals surface area contributed by atoms with E-state index in [1.807, 2.05) is 4.90 Å². The van der Waals surface area contributed by atoms with Gasteiger partial charge in [-0.1, -0.05) is 25.8 Å². The second kappa shape index (κ2) is 7.76. The number of carbonyl (C=O) groups excluding carboxylic acids is 1. The number of hydrogen-bond donors (Lipinski definition) is 1. The van der Waals surface area contributed by atoms with Crippen LogP contribution in [0.1, 0.15) is 31.1 Å². The molecule has 0 bridgehead atoms. The van der Waals surface area contributed by atoms with E-state index in [9.17, 15) is 4.79 Å². The van der Waals surface area contributed by atoms with E-state index in [1.165, 1.54) is 4.88 Å². The standard InChI is InChI=1S/C15H25N3OS/c1-2-3-6-14(16)15(19)18-9-7-17(8-10-18)12-13-5-4-11-20-13/h4-5,11,14H,2-3,6-10,12,16H2,1H3. The van der Waals surface area contributed by atoms with Crippen LogP contribution >= 0.6 is 11.3 Å². The zero-order valence-corrected chi connectivity index (χ0v) is 13.1. The molecule has 1 aromatic rings. The number of nitrogens with zero attached hydrogens (tertiary/aromatic N) is 2. The summed E-state index contributed by atoms with van der Waals surface area (Å²) < 4.78 is 0. The maximum atomic E-state index is 12.2. The normalized spacial score (nSPS) is 18.2. The number of unbranched alkanes of at least 4 members (excludes halogenated alkanes) is 1. The average molecular weight is 295 g/mol. The zero-order valence-electron chi connectivity index (χ0n) is 12.3. The Morgan fingerprint density at radius 3 is 2.75 bits per heavy atom. The van der Waals surface area contributed by atoms with Crippen molar-refractivity contribution in [3.05, 3.63) is 22.4 Å². The molecule has 4 nitrogen and oxygen atoms in total. The van der Waals surface area contributed by atoms with Gasteiger partial charge in [-0.2, -0.15) is 0 Å². The molecule has 1 aliphatic heterocycles. The molecule has 5 heteroatoms. The smallest absolute Gasteiger partial charge is 0.239 e. The van der Waals surface area contributed by atoms with Crippen LogP contribution in [0.25, 0.3) is 0 Å². The number of carbonyl (C=O) groups is 1. The minimum absolute atomic E-state index is 0.134. The van der Waals surface area contributed by atoms with Crippen molar-refractivity contribution in [2.24, 2.45) is 5.73 Å².